The van der Waals surface area contributed by atoms with E-state index in [0.717, 1.165) is 11.5 Å². The van der Waals surface area contributed by atoms with Gasteiger partial charge in [-0.3, -0.25) is 9.71 Å². The summed E-state index contributed by atoms with van der Waals surface area (Å²) in [6.45, 7) is 0. The average Bonchev–Trinajstić information content (AvgIpc) is 2.47. The van der Waals surface area contributed by atoms with Gasteiger partial charge < -0.3 is 0 Å². The zero-order valence-corrected chi connectivity index (χ0v) is 11.6. The van der Waals surface area contributed by atoms with Gasteiger partial charge in [-0.2, -0.15) is 0 Å². The smallest absolute Gasteiger partial charge is 0.264 e. The van der Waals surface area contributed by atoms with Crippen molar-refractivity contribution >= 4 is 26.5 Å². The minimum atomic E-state index is -3.98. The highest BCUT2D eigenvalue weighted by Crippen LogP contribution is 2.25. The molecular formula is C15H11FN2O2S. The van der Waals surface area contributed by atoms with E-state index >= 15 is 0 Å². The molecular weight excluding hydrogens is 291 g/mol. The quantitative estimate of drug-likeness (QED) is 0.808. The van der Waals surface area contributed by atoms with E-state index < -0.39 is 15.8 Å². The van der Waals surface area contributed by atoms with Gasteiger partial charge in [0.05, 0.1) is 5.69 Å². The SMILES string of the molecule is O=S(=O)(Nc1cccc2cnccc12)c1ccccc1F. The Hall–Kier alpha value is -2.47. The van der Waals surface area contributed by atoms with Crippen LogP contribution >= 0.6 is 0 Å². The molecule has 0 aliphatic carbocycles. The monoisotopic (exact) mass is 302 g/mol. The maximum absolute atomic E-state index is 13.7. The average molecular weight is 302 g/mol. The van der Waals surface area contributed by atoms with Gasteiger partial charge in [0.25, 0.3) is 10.0 Å². The van der Waals surface area contributed by atoms with Crippen molar-refractivity contribution in [1.29, 1.82) is 0 Å². The Bertz CT molecular complexity index is 905. The zero-order chi connectivity index (χ0) is 14.9. The number of nitrogens with zero attached hydrogens (tertiary/aromatic N) is 1. The van der Waals surface area contributed by atoms with E-state index in [4.69, 9.17) is 0 Å². The third-order valence-electron chi connectivity index (χ3n) is 3.05. The first kappa shape index (κ1) is 13.5. The van der Waals surface area contributed by atoms with Crippen LogP contribution in [0.2, 0.25) is 0 Å². The van der Waals surface area contributed by atoms with Crippen LogP contribution in [0.1, 0.15) is 0 Å². The number of benzene rings is 2. The van der Waals surface area contributed by atoms with Crippen LogP contribution < -0.4 is 4.72 Å². The lowest BCUT2D eigenvalue weighted by Crippen LogP contribution is -2.14. The van der Waals surface area contributed by atoms with E-state index in [9.17, 15) is 12.8 Å². The summed E-state index contributed by atoms with van der Waals surface area (Å²) < 4.78 is 40.7. The summed E-state index contributed by atoms with van der Waals surface area (Å²) in [7, 11) is -3.98. The third kappa shape index (κ3) is 2.57. The van der Waals surface area contributed by atoms with Crippen LogP contribution in [0.5, 0.6) is 0 Å². The lowest BCUT2D eigenvalue weighted by Gasteiger charge is -2.11. The van der Waals surface area contributed by atoms with E-state index in [1.54, 1.807) is 30.6 Å². The van der Waals surface area contributed by atoms with Gasteiger partial charge in [0.15, 0.2) is 0 Å². The fourth-order valence-electron chi connectivity index (χ4n) is 2.07. The van der Waals surface area contributed by atoms with E-state index in [1.165, 1.54) is 18.2 Å². The molecule has 0 aliphatic heterocycles. The molecule has 0 saturated heterocycles. The van der Waals surface area contributed by atoms with Crippen molar-refractivity contribution in [2.75, 3.05) is 4.72 Å². The lowest BCUT2D eigenvalue weighted by atomic mass is 10.1. The molecule has 6 heteroatoms. The second-order valence-electron chi connectivity index (χ2n) is 4.44. The van der Waals surface area contributed by atoms with Gasteiger partial charge in [0.2, 0.25) is 0 Å². The highest BCUT2D eigenvalue weighted by molar-refractivity contribution is 7.92. The summed E-state index contributed by atoms with van der Waals surface area (Å²) >= 11 is 0. The number of rotatable bonds is 3. The van der Waals surface area contributed by atoms with Crippen molar-refractivity contribution in [3.05, 3.63) is 66.7 Å². The Balaban J connectivity index is 2.08. The highest BCUT2D eigenvalue weighted by atomic mass is 32.2. The standard InChI is InChI=1S/C15H11FN2O2S/c16-13-5-1-2-7-15(13)21(19,20)18-14-6-3-4-11-10-17-9-8-12(11)14/h1-10,18H. The number of pyridine rings is 1. The molecule has 0 fully saturated rings. The van der Waals surface area contributed by atoms with Crippen molar-refractivity contribution in [3.8, 4) is 0 Å². The number of fused-ring (bicyclic) bond motifs is 1. The van der Waals surface area contributed by atoms with Crippen LogP contribution in [0.25, 0.3) is 10.8 Å². The van der Waals surface area contributed by atoms with Crippen molar-refractivity contribution < 1.29 is 12.8 Å². The first-order chi connectivity index (χ1) is 10.1. The summed E-state index contributed by atoms with van der Waals surface area (Å²) in [6, 6.07) is 12.1. The molecule has 1 heterocycles. The van der Waals surface area contributed by atoms with Crippen LogP contribution in [-0.2, 0) is 10.0 Å². The van der Waals surface area contributed by atoms with Gasteiger partial charge in [-0.1, -0.05) is 24.3 Å². The highest BCUT2D eigenvalue weighted by Gasteiger charge is 2.19. The van der Waals surface area contributed by atoms with Gasteiger partial charge in [0.1, 0.15) is 10.7 Å². The number of aromatic nitrogens is 1. The molecule has 3 rings (SSSR count). The molecule has 4 nitrogen and oxygen atoms in total. The van der Waals surface area contributed by atoms with Crippen molar-refractivity contribution in [3.63, 3.8) is 0 Å². The third-order valence-corrected chi connectivity index (χ3v) is 4.45. The summed E-state index contributed by atoms with van der Waals surface area (Å²) in [4.78, 5) is 3.61. The number of hydrogen-bond acceptors (Lipinski definition) is 3. The number of halogens is 1. The molecule has 106 valence electrons. The predicted molar refractivity (Wildman–Crippen MR) is 79.0 cm³/mol. The molecule has 2 aromatic carbocycles. The van der Waals surface area contributed by atoms with Crippen LogP contribution in [0.3, 0.4) is 0 Å². The summed E-state index contributed by atoms with van der Waals surface area (Å²) in [5.74, 6) is -0.785. The summed E-state index contributed by atoms with van der Waals surface area (Å²) in [5.41, 5.74) is 0.387. The Morgan fingerprint density at radius 3 is 2.62 bits per heavy atom. The minimum absolute atomic E-state index is 0.379. The Kier molecular flexibility index (Phi) is 3.31. The minimum Gasteiger partial charge on any atom is -0.279 e. The van der Waals surface area contributed by atoms with Crippen molar-refractivity contribution in [2.45, 2.75) is 4.90 Å². The maximum atomic E-state index is 13.7. The molecule has 21 heavy (non-hydrogen) atoms. The summed E-state index contributed by atoms with van der Waals surface area (Å²) in [6.07, 6.45) is 3.21. The topological polar surface area (TPSA) is 59.1 Å². The number of hydrogen-bond donors (Lipinski definition) is 1. The largest absolute Gasteiger partial charge is 0.279 e. The van der Waals surface area contributed by atoms with Crippen molar-refractivity contribution in [2.24, 2.45) is 0 Å². The first-order valence-electron chi connectivity index (χ1n) is 6.18. The second kappa shape index (κ2) is 5.14. The van der Waals surface area contributed by atoms with Gasteiger partial charge >= 0.3 is 0 Å². The van der Waals surface area contributed by atoms with E-state index in [-0.39, 0.29) is 4.90 Å². The zero-order valence-electron chi connectivity index (χ0n) is 10.8. The van der Waals surface area contributed by atoms with Crippen LogP contribution in [0.15, 0.2) is 65.8 Å². The van der Waals surface area contributed by atoms with Gasteiger partial charge in [-0.05, 0) is 24.3 Å². The molecule has 0 amide bonds. The van der Waals surface area contributed by atoms with Crippen molar-refractivity contribution in [1.82, 2.24) is 4.98 Å². The molecule has 1 N–H and O–H groups in total. The fraction of sp³-hybridized carbons (Fsp3) is 0. The first-order valence-corrected chi connectivity index (χ1v) is 7.66. The van der Waals surface area contributed by atoms with Crippen LogP contribution in [-0.4, -0.2) is 13.4 Å². The molecule has 0 spiro atoms. The lowest BCUT2D eigenvalue weighted by molar-refractivity contribution is 0.570. The van der Waals surface area contributed by atoms with Crippen LogP contribution in [0, 0.1) is 5.82 Å². The molecule has 0 atom stereocenters. The van der Waals surface area contributed by atoms with Crippen LogP contribution in [0.4, 0.5) is 10.1 Å². The van der Waals surface area contributed by atoms with Gasteiger partial charge in [-0.15, -0.1) is 0 Å². The van der Waals surface area contributed by atoms with E-state index in [1.807, 2.05) is 6.07 Å². The number of anilines is 1. The summed E-state index contributed by atoms with van der Waals surface area (Å²) in [5, 5.41) is 1.50. The van der Waals surface area contributed by atoms with E-state index in [0.29, 0.717) is 11.1 Å². The molecule has 0 radical (unpaired) electrons. The predicted octanol–water partition coefficient (Wildman–Crippen LogP) is 3.17. The Labute approximate surface area is 121 Å². The second-order valence-corrected chi connectivity index (χ2v) is 6.09. The Morgan fingerprint density at radius 1 is 1.00 bits per heavy atom. The normalized spacial score (nSPS) is 11.5. The van der Waals surface area contributed by atoms with Gasteiger partial charge in [0, 0.05) is 23.2 Å². The van der Waals surface area contributed by atoms with E-state index in [2.05, 4.69) is 9.71 Å². The van der Waals surface area contributed by atoms with Gasteiger partial charge in [-0.25, -0.2) is 12.8 Å². The maximum Gasteiger partial charge on any atom is 0.264 e. The molecule has 1 aromatic heterocycles. The molecule has 3 aromatic rings. The fourth-order valence-corrected chi connectivity index (χ4v) is 3.23. The molecule has 0 bridgehead atoms. The molecule has 0 aliphatic rings. The molecule has 0 saturated carbocycles. The number of sulfonamides is 1. The molecule has 0 unspecified atom stereocenters. The number of nitrogens with one attached hydrogen (secondary N) is 1. The Morgan fingerprint density at radius 2 is 1.81 bits per heavy atom.